The molecule has 14 heavy (non-hydrogen) atoms. The molecule has 0 aromatic heterocycles. The number of carbonyl (C=O) groups excluding carboxylic acids is 1. The first kappa shape index (κ1) is 12.0. The summed E-state index contributed by atoms with van der Waals surface area (Å²) in [5.41, 5.74) is -0.362. The number of hydrogen-bond donors (Lipinski definition) is 0. The molecule has 0 spiro atoms. The van der Waals surface area contributed by atoms with Gasteiger partial charge in [-0.25, -0.2) is 4.79 Å². The minimum absolute atomic E-state index is 0.394. The molecule has 0 unspecified atom stereocenters. The lowest BCUT2D eigenvalue weighted by molar-refractivity contribution is 0.225. The van der Waals surface area contributed by atoms with E-state index in [-0.39, 0.29) is 0 Å². The SMILES string of the molecule is N#Cc1cc(I)c(OC(=O)Cl)c(I)c1. The number of nitriles is 1. The van der Waals surface area contributed by atoms with Crippen LogP contribution in [0.3, 0.4) is 0 Å². The van der Waals surface area contributed by atoms with Crippen molar-refractivity contribution in [3.05, 3.63) is 24.8 Å². The molecule has 0 saturated heterocycles. The summed E-state index contributed by atoms with van der Waals surface area (Å²) in [4.78, 5) is 10.5. The Bertz CT molecular complexity index is 405. The molecule has 6 heteroatoms. The van der Waals surface area contributed by atoms with E-state index in [1.165, 1.54) is 0 Å². The molecule has 0 N–H and O–H groups in total. The van der Waals surface area contributed by atoms with E-state index in [4.69, 9.17) is 21.6 Å². The fourth-order valence-electron chi connectivity index (χ4n) is 0.802. The molecule has 0 heterocycles. The first-order valence-corrected chi connectivity index (χ1v) is 5.84. The van der Waals surface area contributed by atoms with Gasteiger partial charge in [-0.2, -0.15) is 5.26 Å². The fraction of sp³-hybridized carbons (Fsp3) is 0. The number of nitrogens with zero attached hydrogens (tertiary/aromatic N) is 1. The van der Waals surface area contributed by atoms with Crippen LogP contribution in [-0.4, -0.2) is 5.43 Å². The molecule has 72 valence electrons. The first-order chi connectivity index (χ1) is 6.54. The highest BCUT2D eigenvalue weighted by Crippen LogP contribution is 2.29. The summed E-state index contributed by atoms with van der Waals surface area (Å²) < 4.78 is 6.14. The zero-order valence-corrected chi connectivity index (χ0v) is 11.6. The van der Waals surface area contributed by atoms with Crippen LogP contribution in [0.1, 0.15) is 5.56 Å². The Morgan fingerprint density at radius 1 is 1.43 bits per heavy atom. The Morgan fingerprint density at radius 3 is 2.29 bits per heavy atom. The summed E-state index contributed by atoms with van der Waals surface area (Å²) in [7, 11) is 0. The number of benzene rings is 1. The van der Waals surface area contributed by atoms with Gasteiger partial charge in [0, 0.05) is 11.6 Å². The minimum Gasteiger partial charge on any atom is -0.412 e. The van der Waals surface area contributed by atoms with Gasteiger partial charge < -0.3 is 4.74 Å². The molecule has 0 amide bonds. The van der Waals surface area contributed by atoms with Gasteiger partial charge in [-0.15, -0.1) is 0 Å². The highest BCUT2D eigenvalue weighted by Gasteiger charge is 2.11. The summed E-state index contributed by atoms with van der Waals surface area (Å²) in [6.45, 7) is 0. The van der Waals surface area contributed by atoms with E-state index in [1.54, 1.807) is 12.1 Å². The molecule has 1 rings (SSSR count). The molecule has 0 fully saturated rings. The molecule has 1 aromatic rings. The third kappa shape index (κ3) is 2.96. The summed E-state index contributed by atoms with van der Waals surface area (Å²) in [6.07, 6.45) is 0. The second kappa shape index (κ2) is 5.14. The van der Waals surface area contributed by atoms with Gasteiger partial charge >= 0.3 is 5.43 Å². The molecule has 3 nitrogen and oxygen atoms in total. The number of hydrogen-bond acceptors (Lipinski definition) is 3. The number of carbonyl (C=O) groups is 1. The zero-order chi connectivity index (χ0) is 10.7. The van der Waals surface area contributed by atoms with Crippen LogP contribution in [0.2, 0.25) is 0 Å². The van der Waals surface area contributed by atoms with Gasteiger partial charge in [0.05, 0.1) is 18.8 Å². The topological polar surface area (TPSA) is 50.1 Å². The molecule has 0 aliphatic rings. The van der Waals surface area contributed by atoms with Crippen molar-refractivity contribution >= 4 is 62.2 Å². The van der Waals surface area contributed by atoms with E-state index >= 15 is 0 Å². The van der Waals surface area contributed by atoms with Gasteiger partial charge in [-0.1, -0.05) is 0 Å². The van der Waals surface area contributed by atoms with Crippen molar-refractivity contribution in [2.45, 2.75) is 0 Å². The van der Waals surface area contributed by atoms with Crippen LogP contribution in [0.4, 0.5) is 4.79 Å². The van der Waals surface area contributed by atoms with Crippen LogP contribution in [-0.2, 0) is 0 Å². The molecule has 0 aliphatic carbocycles. The van der Waals surface area contributed by atoms with Gasteiger partial charge in [-0.3, -0.25) is 0 Å². The number of halogens is 3. The lowest BCUT2D eigenvalue weighted by Gasteiger charge is -2.05. The summed E-state index contributed by atoms with van der Waals surface area (Å²) in [5.74, 6) is 0.394. The minimum atomic E-state index is -0.884. The smallest absolute Gasteiger partial charge is 0.409 e. The third-order valence-corrected chi connectivity index (χ3v) is 2.99. The van der Waals surface area contributed by atoms with Crippen LogP contribution < -0.4 is 4.74 Å². The fourth-order valence-corrected chi connectivity index (χ4v) is 2.87. The van der Waals surface area contributed by atoms with Crippen molar-refractivity contribution < 1.29 is 9.53 Å². The molecule has 0 atom stereocenters. The van der Waals surface area contributed by atoms with E-state index in [0.29, 0.717) is 18.5 Å². The van der Waals surface area contributed by atoms with Crippen molar-refractivity contribution in [2.24, 2.45) is 0 Å². The van der Waals surface area contributed by atoms with E-state index in [0.717, 1.165) is 0 Å². The van der Waals surface area contributed by atoms with Gasteiger partial charge in [0.2, 0.25) is 0 Å². The molecular formula is C8H2ClI2NO2. The van der Waals surface area contributed by atoms with Gasteiger partial charge in [0.25, 0.3) is 0 Å². The van der Waals surface area contributed by atoms with Crippen molar-refractivity contribution in [2.75, 3.05) is 0 Å². The van der Waals surface area contributed by atoms with E-state index in [9.17, 15) is 4.79 Å². The van der Waals surface area contributed by atoms with E-state index in [1.807, 2.05) is 51.3 Å². The quantitative estimate of drug-likeness (QED) is 0.503. The van der Waals surface area contributed by atoms with Crippen molar-refractivity contribution in [3.63, 3.8) is 0 Å². The van der Waals surface area contributed by atoms with Crippen LogP contribution in [0.15, 0.2) is 12.1 Å². The first-order valence-electron chi connectivity index (χ1n) is 3.31. The highest BCUT2D eigenvalue weighted by molar-refractivity contribution is 14.1. The Labute approximate surface area is 113 Å². The number of ether oxygens (including phenoxy) is 1. The highest BCUT2D eigenvalue weighted by atomic mass is 127. The van der Waals surface area contributed by atoms with Crippen molar-refractivity contribution in [3.8, 4) is 11.8 Å². The predicted molar refractivity (Wildman–Crippen MR) is 68.5 cm³/mol. The molecule has 0 aliphatic heterocycles. The maximum atomic E-state index is 10.5. The van der Waals surface area contributed by atoms with Crippen LogP contribution in [0, 0.1) is 18.5 Å². The Hall–Kier alpha value is -0.0700. The monoisotopic (exact) mass is 433 g/mol. The summed E-state index contributed by atoms with van der Waals surface area (Å²) in [5, 5.41) is 8.67. The van der Waals surface area contributed by atoms with Gasteiger partial charge in [0.1, 0.15) is 0 Å². The van der Waals surface area contributed by atoms with Crippen LogP contribution in [0.25, 0.3) is 0 Å². The zero-order valence-electron chi connectivity index (χ0n) is 6.55. The van der Waals surface area contributed by atoms with Crippen LogP contribution >= 0.6 is 56.8 Å². The van der Waals surface area contributed by atoms with E-state index < -0.39 is 5.43 Å². The Morgan fingerprint density at radius 2 is 1.93 bits per heavy atom. The molecule has 0 saturated carbocycles. The van der Waals surface area contributed by atoms with Gasteiger partial charge in [-0.05, 0) is 57.3 Å². The van der Waals surface area contributed by atoms with Crippen molar-refractivity contribution in [1.29, 1.82) is 5.26 Å². The summed E-state index contributed by atoms with van der Waals surface area (Å²) in [6, 6.07) is 5.25. The largest absolute Gasteiger partial charge is 0.412 e. The average molecular weight is 433 g/mol. The van der Waals surface area contributed by atoms with E-state index in [2.05, 4.69) is 0 Å². The second-order valence-electron chi connectivity index (χ2n) is 2.22. The maximum Gasteiger partial charge on any atom is 0.409 e. The Kier molecular flexibility index (Phi) is 4.40. The lowest BCUT2D eigenvalue weighted by atomic mass is 10.2. The predicted octanol–water partition coefficient (Wildman–Crippen LogP) is 3.51. The third-order valence-electron chi connectivity index (χ3n) is 1.31. The summed E-state index contributed by atoms with van der Waals surface area (Å²) >= 11 is 9.05. The second-order valence-corrected chi connectivity index (χ2v) is 4.85. The maximum absolute atomic E-state index is 10.5. The molecule has 0 bridgehead atoms. The Balaban J connectivity index is 3.19. The number of rotatable bonds is 1. The lowest BCUT2D eigenvalue weighted by Crippen LogP contribution is -2.00. The van der Waals surface area contributed by atoms with Crippen LogP contribution in [0.5, 0.6) is 5.75 Å². The van der Waals surface area contributed by atoms with Crippen molar-refractivity contribution in [1.82, 2.24) is 0 Å². The van der Waals surface area contributed by atoms with Gasteiger partial charge in [0.15, 0.2) is 5.75 Å². The molecule has 1 aromatic carbocycles. The standard InChI is InChI=1S/C8H2ClI2NO2/c9-8(13)14-7-5(10)1-4(3-12)2-6(7)11/h1-2H. The normalized spacial score (nSPS) is 9.29. The molecular weight excluding hydrogens is 431 g/mol. The molecule has 0 radical (unpaired) electrons. The average Bonchev–Trinajstić information content (AvgIpc) is 2.10.